The fraction of sp³-hybridized carbons (Fsp3) is 0.938. The van der Waals surface area contributed by atoms with Crippen LogP contribution in [-0.4, -0.2) is 40.6 Å². The van der Waals surface area contributed by atoms with Crippen LogP contribution in [-0.2, 0) is 4.79 Å². The normalized spacial score (nSPS) is 10.5. The molecule has 0 fully saturated rings. The van der Waals surface area contributed by atoms with Gasteiger partial charge in [-0.2, -0.15) is 0 Å². The molecule has 0 aromatic carbocycles. The first kappa shape index (κ1) is 21.8. The Hall–Kier alpha value is 0.470. The van der Waals surface area contributed by atoms with Crippen molar-refractivity contribution in [2.24, 2.45) is 5.92 Å². The summed E-state index contributed by atoms with van der Waals surface area (Å²) in [7, 11) is 0. The van der Waals surface area contributed by atoms with E-state index in [0.717, 1.165) is 25.7 Å². The Morgan fingerprint density at radius 1 is 0.789 bits per heavy atom. The average Bonchev–Trinajstić information content (AvgIpc) is 2.35. The van der Waals surface area contributed by atoms with Crippen molar-refractivity contribution in [1.29, 1.82) is 0 Å². The number of hydrogen-bond acceptors (Lipinski definition) is 1. The Labute approximate surface area is 142 Å². The molecule has 110 valence electrons. The molecule has 0 saturated heterocycles. The summed E-state index contributed by atoms with van der Waals surface area (Å²) in [5.41, 5.74) is 0. The third-order valence-corrected chi connectivity index (χ3v) is 3.66. The van der Waals surface area contributed by atoms with Crippen molar-refractivity contribution in [2.45, 2.75) is 90.9 Å². The number of hydrogen-bond donors (Lipinski definition) is 1. The molecule has 0 heterocycles. The van der Waals surface area contributed by atoms with Crippen molar-refractivity contribution in [3.63, 3.8) is 0 Å². The van der Waals surface area contributed by atoms with Crippen molar-refractivity contribution in [3.05, 3.63) is 0 Å². The van der Waals surface area contributed by atoms with Gasteiger partial charge in [0.05, 0.1) is 5.92 Å². The van der Waals surface area contributed by atoms with E-state index < -0.39 is 5.97 Å². The summed E-state index contributed by atoms with van der Waals surface area (Å²) in [6.07, 6.45) is 13.9. The molecule has 0 aromatic heterocycles. The van der Waals surface area contributed by atoms with Gasteiger partial charge in [-0.1, -0.05) is 78.1 Å². The van der Waals surface area contributed by atoms with Gasteiger partial charge >= 0.3 is 35.5 Å². The van der Waals surface area contributed by atoms with E-state index in [4.69, 9.17) is 0 Å². The van der Waals surface area contributed by atoms with Gasteiger partial charge < -0.3 is 5.11 Å². The Morgan fingerprint density at radius 2 is 1.16 bits per heavy atom. The van der Waals surface area contributed by atoms with E-state index in [9.17, 15) is 9.90 Å². The zero-order valence-corrected chi connectivity index (χ0v) is 12.4. The molecule has 0 aliphatic heterocycles. The molecule has 0 unspecified atom stereocenters. The molecular weight excluding hydrogens is 247 g/mol. The van der Waals surface area contributed by atoms with E-state index in [-0.39, 0.29) is 35.5 Å². The maximum atomic E-state index is 11.1. The minimum atomic E-state index is -0.582. The van der Waals surface area contributed by atoms with Gasteiger partial charge in [0.1, 0.15) is 0 Å². The van der Waals surface area contributed by atoms with Gasteiger partial charge in [0, 0.05) is 0 Å². The molecule has 0 spiro atoms. The minimum absolute atomic E-state index is 0. The quantitative estimate of drug-likeness (QED) is 0.390. The van der Waals surface area contributed by atoms with E-state index >= 15 is 0 Å². The molecule has 0 aliphatic rings. The number of aliphatic carboxylic acids is 1. The van der Waals surface area contributed by atoms with Crippen molar-refractivity contribution in [2.75, 3.05) is 0 Å². The fourth-order valence-corrected chi connectivity index (χ4v) is 2.38. The van der Waals surface area contributed by atoms with Crippen molar-refractivity contribution >= 4 is 35.5 Å². The van der Waals surface area contributed by atoms with Crippen LogP contribution >= 0.6 is 0 Å². The van der Waals surface area contributed by atoms with Crippen LogP contribution in [0.4, 0.5) is 0 Å². The zero-order chi connectivity index (χ0) is 13.6. The maximum absolute atomic E-state index is 11.1. The van der Waals surface area contributed by atoms with Gasteiger partial charge in [-0.15, -0.1) is 0 Å². The second kappa shape index (κ2) is 16.5. The molecule has 0 rings (SSSR count). The first-order chi connectivity index (χ1) is 8.72. The topological polar surface area (TPSA) is 37.3 Å². The van der Waals surface area contributed by atoms with E-state index in [2.05, 4.69) is 13.8 Å². The van der Waals surface area contributed by atoms with Crippen LogP contribution in [0.25, 0.3) is 0 Å². The summed E-state index contributed by atoms with van der Waals surface area (Å²) in [6.45, 7) is 4.41. The summed E-state index contributed by atoms with van der Waals surface area (Å²) in [4.78, 5) is 11.1. The van der Waals surface area contributed by atoms with Gasteiger partial charge in [-0.05, 0) is 12.8 Å². The van der Waals surface area contributed by atoms with Crippen molar-refractivity contribution < 1.29 is 9.90 Å². The Balaban J connectivity index is 0. The van der Waals surface area contributed by atoms with Gasteiger partial charge in [0.15, 0.2) is 0 Å². The SMILES string of the molecule is CCCCCCCC(CCCCCCC)C(=O)O.[NaH]. The Kier molecular flexibility index (Phi) is 18.9. The molecule has 2 nitrogen and oxygen atoms in total. The molecule has 19 heavy (non-hydrogen) atoms. The standard InChI is InChI=1S/C16H32O2.Na.H/c1-3-5-7-9-11-13-15(16(17)18)14-12-10-8-6-4-2;;/h15H,3-14H2,1-2H3,(H,17,18);;. The molecule has 0 aromatic rings. The molecular formula is C16H33NaO2. The van der Waals surface area contributed by atoms with Gasteiger partial charge in [-0.25, -0.2) is 0 Å². The molecule has 1 N–H and O–H groups in total. The third-order valence-electron chi connectivity index (χ3n) is 3.66. The summed E-state index contributed by atoms with van der Waals surface area (Å²) in [5, 5.41) is 9.18. The number of carboxylic acid groups (broad SMARTS) is 1. The third kappa shape index (κ3) is 14.7. The van der Waals surface area contributed by atoms with Crippen LogP contribution in [0.3, 0.4) is 0 Å². The van der Waals surface area contributed by atoms with E-state index in [1.807, 2.05) is 0 Å². The van der Waals surface area contributed by atoms with Crippen LogP contribution in [0.2, 0.25) is 0 Å². The molecule has 0 atom stereocenters. The van der Waals surface area contributed by atoms with Crippen LogP contribution in [0.5, 0.6) is 0 Å². The van der Waals surface area contributed by atoms with Crippen LogP contribution in [0, 0.1) is 5.92 Å². The van der Waals surface area contributed by atoms with Crippen LogP contribution in [0.1, 0.15) is 90.9 Å². The molecule has 0 saturated carbocycles. The van der Waals surface area contributed by atoms with Crippen LogP contribution < -0.4 is 0 Å². The Morgan fingerprint density at radius 3 is 1.47 bits per heavy atom. The van der Waals surface area contributed by atoms with Crippen LogP contribution in [0.15, 0.2) is 0 Å². The molecule has 0 aliphatic carbocycles. The predicted molar refractivity (Wildman–Crippen MR) is 85.0 cm³/mol. The molecule has 3 heteroatoms. The summed E-state index contributed by atoms with van der Waals surface area (Å²) >= 11 is 0. The zero-order valence-electron chi connectivity index (χ0n) is 12.4. The summed E-state index contributed by atoms with van der Waals surface area (Å²) in [6, 6.07) is 0. The fourth-order valence-electron chi connectivity index (χ4n) is 2.38. The number of carboxylic acids is 1. The summed E-state index contributed by atoms with van der Waals surface area (Å²) < 4.78 is 0. The van der Waals surface area contributed by atoms with E-state index in [0.29, 0.717) is 0 Å². The monoisotopic (exact) mass is 280 g/mol. The van der Waals surface area contributed by atoms with Gasteiger partial charge in [0.25, 0.3) is 0 Å². The van der Waals surface area contributed by atoms with E-state index in [1.165, 1.54) is 51.4 Å². The molecule has 0 amide bonds. The number of rotatable bonds is 13. The first-order valence-corrected chi connectivity index (χ1v) is 7.95. The molecule has 0 radical (unpaired) electrons. The van der Waals surface area contributed by atoms with Crippen molar-refractivity contribution in [1.82, 2.24) is 0 Å². The van der Waals surface area contributed by atoms with E-state index in [1.54, 1.807) is 0 Å². The van der Waals surface area contributed by atoms with Gasteiger partial charge in [0.2, 0.25) is 0 Å². The second-order valence-electron chi connectivity index (χ2n) is 5.44. The number of carbonyl (C=O) groups is 1. The van der Waals surface area contributed by atoms with Crippen molar-refractivity contribution in [3.8, 4) is 0 Å². The average molecular weight is 280 g/mol. The van der Waals surface area contributed by atoms with Gasteiger partial charge in [-0.3, -0.25) is 4.79 Å². The predicted octanol–water partition coefficient (Wildman–Crippen LogP) is 4.76. The molecule has 0 bridgehead atoms. The Bertz CT molecular complexity index is 181. The summed E-state index contributed by atoms with van der Waals surface area (Å²) in [5.74, 6) is -0.672. The second-order valence-corrected chi connectivity index (χ2v) is 5.44. The first-order valence-electron chi connectivity index (χ1n) is 7.95. The number of unbranched alkanes of at least 4 members (excludes halogenated alkanes) is 8.